The molecule has 0 saturated carbocycles. The summed E-state index contributed by atoms with van der Waals surface area (Å²) >= 11 is 0. The fourth-order valence-corrected chi connectivity index (χ4v) is 11.5. The van der Waals surface area contributed by atoms with Gasteiger partial charge in [0.15, 0.2) is 6.10 Å². The van der Waals surface area contributed by atoms with Crippen molar-refractivity contribution in [2.24, 2.45) is 0 Å². The number of esters is 2. The molecule has 1 N–H and O–H groups in total. The van der Waals surface area contributed by atoms with Crippen molar-refractivity contribution in [2.75, 3.05) is 47.5 Å². The molecule has 10 heteroatoms. The quantitative estimate of drug-likeness (QED) is 0.0211. The lowest BCUT2D eigenvalue weighted by Gasteiger charge is -2.24. The highest BCUT2D eigenvalue weighted by Gasteiger charge is 2.27. The fourth-order valence-electron chi connectivity index (χ4n) is 10.7. The monoisotopic (exact) mass is 1250 g/mol. The number of quaternary nitrogens is 1. The summed E-state index contributed by atoms with van der Waals surface area (Å²) < 4.78 is 34.8. The number of allylic oxidation sites excluding steroid dienone is 14. The molecular formula is C78H143NO8P+. The van der Waals surface area contributed by atoms with Crippen LogP contribution >= 0.6 is 7.82 Å². The van der Waals surface area contributed by atoms with E-state index < -0.39 is 26.5 Å². The molecule has 0 rings (SSSR count). The lowest BCUT2D eigenvalue weighted by molar-refractivity contribution is -0.870. The Hall–Kier alpha value is -2.81. The van der Waals surface area contributed by atoms with Crippen molar-refractivity contribution in [1.82, 2.24) is 0 Å². The summed E-state index contributed by atoms with van der Waals surface area (Å²) in [6.45, 7) is 4.37. The van der Waals surface area contributed by atoms with E-state index in [1.807, 2.05) is 21.1 Å². The van der Waals surface area contributed by atoms with Crippen molar-refractivity contribution < 1.29 is 42.1 Å². The molecule has 0 amide bonds. The average molecular weight is 1250 g/mol. The standard InChI is InChI=1S/C78H142NO8P/c1-6-8-10-12-14-16-18-20-22-24-26-28-30-32-33-34-35-36-37-38-39-40-41-42-43-44-45-47-49-51-53-55-57-59-61-63-65-67-69-71-78(81)87-76(75-86-88(82,83)85-73-72-79(3,4)5)74-84-77(80)70-68-66-64-62-60-58-56-54-52-50-48-46-31-29-27-25-23-21-19-17-15-13-11-9-7-2/h8,10,14,16,20,22,25-28,32-33,35-36,76H,6-7,9,11-13,15,17-19,21,23-24,29-31,34,37-75H2,1-5H3/p+1/b10-8-,16-14-,22-20-,27-25-,28-26-,33-32-,36-35-. The van der Waals surface area contributed by atoms with Gasteiger partial charge in [0.2, 0.25) is 0 Å². The van der Waals surface area contributed by atoms with E-state index in [-0.39, 0.29) is 25.6 Å². The van der Waals surface area contributed by atoms with Gasteiger partial charge >= 0.3 is 19.8 Å². The first kappa shape index (κ1) is 85.2. The minimum absolute atomic E-state index is 0.0321. The molecule has 0 aromatic rings. The fraction of sp³-hybridized carbons (Fsp3) is 0.795. The summed E-state index contributed by atoms with van der Waals surface area (Å²) in [6, 6.07) is 0. The Kier molecular flexibility index (Phi) is 66.4. The molecule has 0 aromatic heterocycles. The highest BCUT2D eigenvalue weighted by Crippen LogP contribution is 2.43. The Bertz CT molecular complexity index is 1760. The van der Waals surface area contributed by atoms with Crippen LogP contribution in [0.15, 0.2) is 85.1 Å². The van der Waals surface area contributed by atoms with Crippen LogP contribution in [0.5, 0.6) is 0 Å². The number of phosphoric acid groups is 1. The number of likely N-dealkylation sites (N-methyl/N-ethyl adjacent to an activating group) is 1. The van der Waals surface area contributed by atoms with Gasteiger partial charge < -0.3 is 18.9 Å². The van der Waals surface area contributed by atoms with Gasteiger partial charge in [0, 0.05) is 12.8 Å². The molecule has 0 aliphatic heterocycles. The largest absolute Gasteiger partial charge is 0.472 e. The van der Waals surface area contributed by atoms with E-state index in [0.29, 0.717) is 23.9 Å². The number of nitrogens with zero attached hydrogens (tertiary/aromatic N) is 1. The third kappa shape index (κ3) is 72.3. The van der Waals surface area contributed by atoms with Crippen LogP contribution in [-0.4, -0.2) is 74.9 Å². The highest BCUT2D eigenvalue weighted by molar-refractivity contribution is 7.47. The second kappa shape index (κ2) is 68.6. The second-order valence-corrected chi connectivity index (χ2v) is 27.8. The molecule has 0 aliphatic rings. The van der Waals surface area contributed by atoms with Gasteiger partial charge in [-0.3, -0.25) is 18.6 Å². The van der Waals surface area contributed by atoms with Crippen LogP contribution < -0.4 is 0 Å². The Morgan fingerprint density at radius 1 is 0.364 bits per heavy atom. The van der Waals surface area contributed by atoms with Crippen molar-refractivity contribution in [3.8, 4) is 0 Å². The lowest BCUT2D eigenvalue weighted by atomic mass is 10.0. The zero-order valence-corrected chi connectivity index (χ0v) is 59.4. The van der Waals surface area contributed by atoms with E-state index in [9.17, 15) is 19.0 Å². The van der Waals surface area contributed by atoms with E-state index >= 15 is 0 Å². The molecule has 2 unspecified atom stereocenters. The maximum Gasteiger partial charge on any atom is 0.472 e. The zero-order chi connectivity index (χ0) is 64.1. The first-order valence-corrected chi connectivity index (χ1v) is 38.8. The van der Waals surface area contributed by atoms with Crippen LogP contribution in [0.3, 0.4) is 0 Å². The predicted octanol–water partition coefficient (Wildman–Crippen LogP) is 24.5. The van der Waals surface area contributed by atoms with E-state index in [4.69, 9.17) is 18.5 Å². The van der Waals surface area contributed by atoms with Crippen molar-refractivity contribution in [3.63, 3.8) is 0 Å². The summed E-state index contributed by atoms with van der Waals surface area (Å²) in [5.74, 6) is -0.781. The Labute approximate surface area is 545 Å². The normalized spacial score (nSPS) is 13.6. The molecule has 0 bridgehead atoms. The van der Waals surface area contributed by atoms with E-state index in [1.54, 1.807) is 0 Å². The predicted molar refractivity (Wildman–Crippen MR) is 381 cm³/mol. The summed E-state index contributed by atoms with van der Waals surface area (Å²) in [5.41, 5.74) is 0. The number of carbonyl (C=O) groups excluding carboxylic acids is 2. The smallest absolute Gasteiger partial charge is 0.462 e. The molecule has 0 radical (unpaired) electrons. The number of hydrogen-bond donors (Lipinski definition) is 1. The Morgan fingerprint density at radius 3 is 0.977 bits per heavy atom. The van der Waals surface area contributed by atoms with Gasteiger partial charge in [0.1, 0.15) is 19.8 Å². The van der Waals surface area contributed by atoms with Crippen molar-refractivity contribution in [2.45, 2.75) is 354 Å². The summed E-state index contributed by atoms with van der Waals surface area (Å²) in [4.78, 5) is 35.9. The van der Waals surface area contributed by atoms with Gasteiger partial charge in [-0.25, -0.2) is 4.57 Å². The van der Waals surface area contributed by atoms with E-state index in [2.05, 4.69) is 98.9 Å². The van der Waals surface area contributed by atoms with Gasteiger partial charge in [0.25, 0.3) is 0 Å². The minimum Gasteiger partial charge on any atom is -0.462 e. The number of ether oxygens (including phenoxy) is 2. The van der Waals surface area contributed by atoms with E-state index in [0.717, 1.165) is 70.6 Å². The van der Waals surface area contributed by atoms with Crippen molar-refractivity contribution >= 4 is 19.8 Å². The van der Waals surface area contributed by atoms with Crippen LogP contribution in [0.2, 0.25) is 0 Å². The van der Waals surface area contributed by atoms with Gasteiger partial charge in [-0.1, -0.05) is 330 Å². The van der Waals surface area contributed by atoms with Crippen LogP contribution in [0, 0.1) is 0 Å². The second-order valence-electron chi connectivity index (χ2n) is 26.3. The maximum absolute atomic E-state index is 12.9. The molecule has 512 valence electrons. The SMILES string of the molecule is CC/C=C\C/C=C\C/C=C\C/C=C\C/C=C\C/C=C\CCCCCCCCCCCCCCCCCCCCCCC(=O)OC(COC(=O)CCCCCCCCCCCCCCC/C=C\CCCCCCCCCC)COP(=O)(O)OCC[N+](C)(C)C. The molecule has 0 saturated heterocycles. The topological polar surface area (TPSA) is 108 Å². The average Bonchev–Trinajstić information content (AvgIpc) is 3.68. The molecular weight excluding hydrogens is 1110 g/mol. The van der Waals surface area contributed by atoms with Gasteiger partial charge in [0.05, 0.1) is 27.7 Å². The first-order chi connectivity index (χ1) is 43.0. The van der Waals surface area contributed by atoms with Gasteiger partial charge in [-0.15, -0.1) is 0 Å². The molecule has 0 heterocycles. The third-order valence-electron chi connectivity index (χ3n) is 16.4. The summed E-state index contributed by atoms with van der Waals surface area (Å²) in [7, 11) is 1.49. The van der Waals surface area contributed by atoms with Crippen LogP contribution in [0.1, 0.15) is 348 Å². The van der Waals surface area contributed by atoms with Crippen LogP contribution in [0.25, 0.3) is 0 Å². The molecule has 9 nitrogen and oxygen atoms in total. The summed E-state index contributed by atoms with van der Waals surface area (Å²) in [5, 5.41) is 0. The van der Waals surface area contributed by atoms with Crippen molar-refractivity contribution in [3.05, 3.63) is 85.1 Å². The van der Waals surface area contributed by atoms with Gasteiger partial charge in [-0.2, -0.15) is 0 Å². The zero-order valence-electron chi connectivity index (χ0n) is 58.5. The maximum atomic E-state index is 12.9. The number of carbonyl (C=O) groups is 2. The Morgan fingerprint density at radius 2 is 0.648 bits per heavy atom. The molecule has 0 aromatic carbocycles. The Balaban J connectivity index is 3.96. The van der Waals surface area contributed by atoms with Crippen LogP contribution in [-0.2, 0) is 32.7 Å². The van der Waals surface area contributed by atoms with E-state index in [1.165, 1.54) is 244 Å². The molecule has 0 spiro atoms. The number of rotatable bonds is 69. The third-order valence-corrected chi connectivity index (χ3v) is 17.4. The molecule has 2 atom stereocenters. The molecule has 0 aliphatic carbocycles. The minimum atomic E-state index is -4.39. The number of hydrogen-bond acceptors (Lipinski definition) is 7. The highest BCUT2D eigenvalue weighted by atomic mass is 31.2. The summed E-state index contributed by atoms with van der Waals surface area (Å²) in [6.07, 6.45) is 94.2. The molecule has 0 fully saturated rings. The lowest BCUT2D eigenvalue weighted by Crippen LogP contribution is -2.37. The van der Waals surface area contributed by atoms with Gasteiger partial charge in [-0.05, 0) is 89.9 Å². The molecule has 88 heavy (non-hydrogen) atoms. The number of phosphoric ester groups is 1. The number of unbranched alkanes of at least 4 members (excludes halogenated alkanes) is 41. The van der Waals surface area contributed by atoms with Crippen LogP contribution in [0.4, 0.5) is 0 Å². The first-order valence-electron chi connectivity index (χ1n) is 37.3. The van der Waals surface area contributed by atoms with Crippen molar-refractivity contribution in [1.29, 1.82) is 0 Å².